The molecule has 1 heterocycles. The van der Waals surface area contributed by atoms with Gasteiger partial charge in [-0.3, -0.25) is 0 Å². The lowest BCUT2D eigenvalue weighted by molar-refractivity contribution is 0.819. The van der Waals surface area contributed by atoms with Crippen LogP contribution in [0, 0.1) is 0 Å². The van der Waals surface area contributed by atoms with Crippen molar-refractivity contribution in [3.63, 3.8) is 0 Å². The predicted octanol–water partition coefficient (Wildman–Crippen LogP) is 1.28. The molecule has 1 aromatic rings. The molecule has 0 aliphatic rings. The predicted molar refractivity (Wildman–Crippen MR) is 42.1 cm³/mol. The fraction of sp³-hybridized carbons (Fsp3) is 0.400. The summed E-state index contributed by atoms with van der Waals surface area (Å²) in [6.07, 6.45) is 1.88. The Hall–Kier alpha value is -0.120. The van der Waals surface area contributed by atoms with Crippen LogP contribution in [0.4, 0.5) is 0 Å². The summed E-state index contributed by atoms with van der Waals surface area (Å²) in [5, 5.41) is 5.07. The summed E-state index contributed by atoms with van der Waals surface area (Å²) in [5.41, 5.74) is 1.26. The van der Waals surface area contributed by atoms with Crippen LogP contribution in [0.1, 0.15) is 5.56 Å². The van der Waals surface area contributed by atoms with Gasteiger partial charge < -0.3 is 5.32 Å². The zero-order valence-electron chi connectivity index (χ0n) is 5.13. The van der Waals surface area contributed by atoms with Crippen molar-refractivity contribution in [1.29, 1.82) is 0 Å². The highest BCUT2D eigenvalue weighted by atomic mass is 35.5. The van der Waals surface area contributed by atoms with E-state index in [2.05, 4.69) is 9.69 Å². The Labute approximate surface area is 64.9 Å². The number of hydrogen-bond donors (Lipinski definition) is 1. The topological polar surface area (TPSA) is 24.9 Å². The van der Waals surface area contributed by atoms with Gasteiger partial charge in [0.2, 0.25) is 0 Å². The normalized spacial score (nSPS) is 8.56. The Kier molecular flexibility index (Phi) is 4.67. The van der Waals surface area contributed by atoms with Gasteiger partial charge in [-0.05, 0) is 24.1 Å². The average Bonchev–Trinajstić information content (AvgIpc) is 2.19. The second-order valence-corrected chi connectivity index (χ2v) is 2.22. The van der Waals surface area contributed by atoms with Gasteiger partial charge in [-0.25, -0.2) is 4.37 Å². The maximum Gasteiger partial charge on any atom is 0.0451 e. The minimum Gasteiger partial charge on any atom is -0.316 e. The maximum atomic E-state index is 3.94. The molecular formula is C5H9ClN2S. The highest BCUT2D eigenvalue weighted by Gasteiger charge is 1.87. The van der Waals surface area contributed by atoms with Crippen molar-refractivity contribution in [2.75, 3.05) is 7.05 Å². The van der Waals surface area contributed by atoms with Gasteiger partial charge in [-0.2, -0.15) is 0 Å². The number of halogens is 1. The van der Waals surface area contributed by atoms with Gasteiger partial charge in [-0.15, -0.1) is 12.4 Å². The number of hydrogen-bond acceptors (Lipinski definition) is 3. The first-order valence-corrected chi connectivity index (χ1v) is 3.30. The lowest BCUT2D eigenvalue weighted by Gasteiger charge is -1.88. The van der Waals surface area contributed by atoms with E-state index in [0.29, 0.717) is 0 Å². The Balaban J connectivity index is 0.000000640. The van der Waals surface area contributed by atoms with E-state index in [9.17, 15) is 0 Å². The third-order valence-corrected chi connectivity index (χ3v) is 1.50. The van der Waals surface area contributed by atoms with Gasteiger partial charge in [0.1, 0.15) is 0 Å². The zero-order chi connectivity index (χ0) is 5.82. The quantitative estimate of drug-likeness (QED) is 0.713. The Bertz CT molecular complexity index is 141. The van der Waals surface area contributed by atoms with Crippen LogP contribution in [0.25, 0.3) is 0 Å². The third-order valence-electron chi connectivity index (χ3n) is 0.864. The van der Waals surface area contributed by atoms with Crippen LogP contribution in [-0.4, -0.2) is 11.4 Å². The lowest BCUT2D eigenvalue weighted by Crippen LogP contribution is -2.03. The first kappa shape index (κ1) is 8.88. The molecule has 0 amide bonds. The summed E-state index contributed by atoms with van der Waals surface area (Å²) in [6, 6.07) is 0. The summed E-state index contributed by atoms with van der Waals surface area (Å²) >= 11 is 1.49. The molecule has 0 aromatic carbocycles. The van der Waals surface area contributed by atoms with E-state index in [0.717, 1.165) is 6.54 Å². The van der Waals surface area contributed by atoms with Gasteiger partial charge >= 0.3 is 0 Å². The van der Waals surface area contributed by atoms with Gasteiger partial charge in [0.05, 0.1) is 0 Å². The Morgan fingerprint density at radius 3 is 3.00 bits per heavy atom. The number of rotatable bonds is 2. The van der Waals surface area contributed by atoms with E-state index in [-0.39, 0.29) is 12.4 Å². The van der Waals surface area contributed by atoms with Crippen molar-refractivity contribution in [1.82, 2.24) is 9.69 Å². The molecule has 0 aliphatic carbocycles. The Morgan fingerprint density at radius 2 is 2.56 bits per heavy atom. The largest absolute Gasteiger partial charge is 0.316 e. The molecule has 0 saturated heterocycles. The maximum absolute atomic E-state index is 3.94. The monoisotopic (exact) mass is 164 g/mol. The van der Waals surface area contributed by atoms with Crippen molar-refractivity contribution >= 4 is 23.9 Å². The van der Waals surface area contributed by atoms with Crippen LogP contribution in [0.15, 0.2) is 11.6 Å². The molecule has 1 N–H and O–H groups in total. The average molecular weight is 165 g/mol. The number of nitrogens with zero attached hydrogens (tertiary/aromatic N) is 1. The molecule has 2 nitrogen and oxygen atoms in total. The van der Waals surface area contributed by atoms with Crippen LogP contribution in [-0.2, 0) is 6.54 Å². The summed E-state index contributed by atoms with van der Waals surface area (Å²) < 4.78 is 3.94. The van der Waals surface area contributed by atoms with Crippen LogP contribution in [0.2, 0.25) is 0 Å². The van der Waals surface area contributed by atoms with Crippen molar-refractivity contribution in [2.45, 2.75) is 6.54 Å². The first-order chi connectivity index (χ1) is 3.93. The van der Waals surface area contributed by atoms with Gasteiger partial charge in [-0.1, -0.05) is 0 Å². The Morgan fingerprint density at radius 1 is 1.78 bits per heavy atom. The molecule has 0 bridgehead atoms. The van der Waals surface area contributed by atoms with Gasteiger partial charge in [0.25, 0.3) is 0 Å². The number of aromatic nitrogens is 1. The first-order valence-electron chi connectivity index (χ1n) is 2.46. The minimum atomic E-state index is 0. The van der Waals surface area contributed by atoms with E-state index >= 15 is 0 Å². The van der Waals surface area contributed by atoms with E-state index < -0.39 is 0 Å². The molecule has 0 atom stereocenters. The molecule has 1 rings (SSSR count). The fourth-order valence-corrected chi connectivity index (χ4v) is 1.05. The molecule has 0 spiro atoms. The fourth-order valence-electron chi connectivity index (χ4n) is 0.518. The van der Waals surface area contributed by atoms with Gasteiger partial charge in [0.15, 0.2) is 0 Å². The molecule has 1 aromatic heterocycles. The molecule has 9 heavy (non-hydrogen) atoms. The van der Waals surface area contributed by atoms with Crippen molar-refractivity contribution in [2.24, 2.45) is 0 Å². The second kappa shape index (κ2) is 4.73. The third kappa shape index (κ3) is 2.79. The molecule has 0 radical (unpaired) electrons. The van der Waals surface area contributed by atoms with Crippen molar-refractivity contribution < 1.29 is 0 Å². The minimum absolute atomic E-state index is 0. The number of nitrogens with one attached hydrogen (secondary N) is 1. The van der Waals surface area contributed by atoms with Crippen LogP contribution in [0.3, 0.4) is 0 Å². The van der Waals surface area contributed by atoms with Crippen LogP contribution >= 0.6 is 23.9 Å². The van der Waals surface area contributed by atoms with Crippen LogP contribution < -0.4 is 5.32 Å². The van der Waals surface area contributed by atoms with Gasteiger partial charge in [0, 0.05) is 18.1 Å². The molecule has 4 heteroatoms. The summed E-state index contributed by atoms with van der Waals surface area (Å²) in [7, 11) is 1.93. The molecule has 52 valence electrons. The highest BCUT2D eigenvalue weighted by molar-refractivity contribution is 7.03. The standard InChI is InChI=1S/C5H8N2S.ClH/c1-6-2-5-3-7-8-4-5;/h3-4,6H,2H2,1H3;1H. The summed E-state index contributed by atoms with van der Waals surface area (Å²) in [4.78, 5) is 0. The van der Waals surface area contributed by atoms with Crippen molar-refractivity contribution in [3.8, 4) is 0 Å². The smallest absolute Gasteiger partial charge is 0.0451 e. The van der Waals surface area contributed by atoms with Crippen LogP contribution in [0.5, 0.6) is 0 Å². The molecular weight excluding hydrogens is 156 g/mol. The SMILES string of the molecule is CNCc1cnsc1.Cl. The zero-order valence-corrected chi connectivity index (χ0v) is 6.76. The summed E-state index contributed by atoms with van der Waals surface area (Å²) in [5.74, 6) is 0. The lowest BCUT2D eigenvalue weighted by atomic mass is 10.4. The summed E-state index contributed by atoms with van der Waals surface area (Å²) in [6.45, 7) is 0.927. The molecule has 0 saturated carbocycles. The molecule has 0 unspecified atom stereocenters. The molecule has 0 aliphatic heterocycles. The van der Waals surface area contributed by atoms with E-state index in [1.807, 2.05) is 18.6 Å². The van der Waals surface area contributed by atoms with E-state index in [1.165, 1.54) is 17.1 Å². The molecule has 0 fully saturated rings. The van der Waals surface area contributed by atoms with E-state index in [4.69, 9.17) is 0 Å². The van der Waals surface area contributed by atoms with E-state index in [1.54, 1.807) is 0 Å². The highest BCUT2D eigenvalue weighted by Crippen LogP contribution is 1.99. The van der Waals surface area contributed by atoms with Crippen molar-refractivity contribution in [3.05, 3.63) is 17.1 Å². The second-order valence-electron chi connectivity index (χ2n) is 1.56.